The van der Waals surface area contributed by atoms with E-state index in [1.165, 1.54) is 11.3 Å². The maximum absolute atomic E-state index is 12.0. The minimum Gasteiger partial charge on any atom is -0.494 e. The summed E-state index contributed by atoms with van der Waals surface area (Å²) in [6.07, 6.45) is 1.42. The van der Waals surface area contributed by atoms with Gasteiger partial charge in [0.2, 0.25) is 5.91 Å². The molecule has 5 nitrogen and oxygen atoms in total. The first kappa shape index (κ1) is 20.8. The summed E-state index contributed by atoms with van der Waals surface area (Å²) in [7, 11) is 0. The van der Waals surface area contributed by atoms with Crippen LogP contribution in [0.4, 0.5) is 0 Å². The van der Waals surface area contributed by atoms with E-state index < -0.39 is 0 Å². The fourth-order valence-electron chi connectivity index (χ4n) is 2.43. The zero-order valence-electron chi connectivity index (χ0n) is 15.5. The number of carbonyl (C=O) groups excluding carboxylic acids is 3. The van der Waals surface area contributed by atoms with Crippen LogP contribution in [0.2, 0.25) is 0 Å². The molecule has 0 unspecified atom stereocenters. The number of ether oxygens (including phenoxy) is 1. The zero-order valence-corrected chi connectivity index (χ0v) is 16.3. The second-order valence-corrected chi connectivity index (χ2v) is 7.53. The van der Waals surface area contributed by atoms with E-state index in [0.717, 1.165) is 10.6 Å². The number of ketones is 2. The van der Waals surface area contributed by atoms with E-state index in [4.69, 9.17) is 4.74 Å². The Balaban J connectivity index is 1.51. The molecule has 0 aliphatic heterocycles. The lowest BCUT2D eigenvalue weighted by atomic mass is 10.1. The van der Waals surface area contributed by atoms with Gasteiger partial charge in [0.15, 0.2) is 5.78 Å². The van der Waals surface area contributed by atoms with Crippen molar-refractivity contribution in [3.05, 3.63) is 52.2 Å². The number of nitrogens with one attached hydrogen (secondary N) is 1. The summed E-state index contributed by atoms with van der Waals surface area (Å²) >= 11 is 1.44. The van der Waals surface area contributed by atoms with Crippen LogP contribution in [-0.2, 0) is 9.59 Å². The van der Waals surface area contributed by atoms with Crippen LogP contribution in [0.5, 0.6) is 5.75 Å². The van der Waals surface area contributed by atoms with Gasteiger partial charge in [0.25, 0.3) is 0 Å². The summed E-state index contributed by atoms with van der Waals surface area (Å²) in [6.45, 7) is 2.97. The van der Waals surface area contributed by atoms with Crippen LogP contribution in [0.25, 0.3) is 0 Å². The van der Waals surface area contributed by atoms with Crippen molar-refractivity contribution in [1.82, 2.24) is 5.32 Å². The first-order valence-corrected chi connectivity index (χ1v) is 9.92. The molecule has 2 aromatic rings. The summed E-state index contributed by atoms with van der Waals surface area (Å²) in [5, 5.41) is 2.78. The molecular weight excluding hydrogens is 362 g/mol. The Bertz CT molecular complexity index is 755. The van der Waals surface area contributed by atoms with Crippen LogP contribution < -0.4 is 10.1 Å². The third-order valence-corrected chi connectivity index (χ3v) is 4.97. The second kappa shape index (κ2) is 11.3. The monoisotopic (exact) mass is 387 g/mol. The number of amides is 1. The molecule has 1 heterocycles. The van der Waals surface area contributed by atoms with Crippen LogP contribution >= 0.6 is 11.3 Å². The SMILES string of the molecule is Cc1ccc(C(=O)CCC(=O)CCC(=O)NCCCOc2ccccc2)s1. The number of aryl methyl sites for hydroxylation is 1. The van der Waals surface area contributed by atoms with Crippen molar-refractivity contribution in [3.63, 3.8) is 0 Å². The molecule has 0 aliphatic rings. The lowest BCUT2D eigenvalue weighted by molar-refractivity contribution is -0.125. The highest BCUT2D eigenvalue weighted by Gasteiger charge is 2.12. The Labute approximate surface area is 163 Å². The van der Waals surface area contributed by atoms with Gasteiger partial charge in [-0.15, -0.1) is 11.3 Å². The third kappa shape index (κ3) is 8.17. The molecule has 0 fully saturated rings. The van der Waals surface area contributed by atoms with E-state index in [2.05, 4.69) is 5.32 Å². The predicted molar refractivity (Wildman–Crippen MR) is 106 cm³/mol. The number of hydrogen-bond donors (Lipinski definition) is 1. The van der Waals surface area contributed by atoms with Crippen LogP contribution in [0.15, 0.2) is 42.5 Å². The van der Waals surface area contributed by atoms with Crippen molar-refractivity contribution in [1.29, 1.82) is 0 Å². The van der Waals surface area contributed by atoms with Crippen molar-refractivity contribution in [2.45, 2.75) is 39.0 Å². The summed E-state index contributed by atoms with van der Waals surface area (Å²) in [6, 6.07) is 13.2. The molecule has 0 radical (unpaired) electrons. The standard InChI is InChI=1S/C21H25NO4S/c1-16-8-12-20(27-16)19(24)11-9-17(23)10-13-21(25)22-14-5-15-26-18-6-3-2-4-7-18/h2-4,6-8,12H,5,9-11,13-15H2,1H3,(H,22,25). The van der Waals surface area contributed by atoms with Gasteiger partial charge in [0, 0.05) is 37.1 Å². The molecule has 1 N–H and O–H groups in total. The third-order valence-electron chi connectivity index (χ3n) is 3.93. The summed E-state index contributed by atoms with van der Waals surface area (Å²) in [5.74, 6) is 0.591. The molecule has 1 amide bonds. The molecule has 6 heteroatoms. The number of benzene rings is 1. The fourth-order valence-corrected chi connectivity index (χ4v) is 3.27. The Morgan fingerprint density at radius 1 is 0.963 bits per heavy atom. The molecule has 0 bridgehead atoms. The van der Waals surface area contributed by atoms with E-state index in [-0.39, 0.29) is 43.2 Å². The van der Waals surface area contributed by atoms with E-state index >= 15 is 0 Å². The Kier molecular flexibility index (Phi) is 8.71. The average molecular weight is 388 g/mol. The van der Waals surface area contributed by atoms with Crippen molar-refractivity contribution in [2.24, 2.45) is 0 Å². The van der Waals surface area contributed by atoms with Gasteiger partial charge in [-0.25, -0.2) is 0 Å². The summed E-state index contributed by atoms with van der Waals surface area (Å²) in [4.78, 5) is 37.4. The van der Waals surface area contributed by atoms with Crippen molar-refractivity contribution in [3.8, 4) is 5.75 Å². The Morgan fingerprint density at radius 3 is 2.41 bits per heavy atom. The number of para-hydroxylation sites is 1. The Hall–Kier alpha value is -2.47. The van der Waals surface area contributed by atoms with E-state index in [0.29, 0.717) is 24.4 Å². The minimum atomic E-state index is -0.150. The van der Waals surface area contributed by atoms with Gasteiger partial charge in [0.05, 0.1) is 11.5 Å². The number of hydrogen-bond acceptors (Lipinski definition) is 5. The number of carbonyl (C=O) groups is 3. The van der Waals surface area contributed by atoms with Gasteiger partial charge in [-0.2, -0.15) is 0 Å². The first-order valence-electron chi connectivity index (χ1n) is 9.10. The van der Waals surface area contributed by atoms with Crippen LogP contribution in [-0.4, -0.2) is 30.6 Å². The van der Waals surface area contributed by atoms with Crippen molar-refractivity contribution < 1.29 is 19.1 Å². The minimum absolute atomic E-state index is 0.00989. The van der Waals surface area contributed by atoms with Gasteiger partial charge < -0.3 is 10.1 Å². The average Bonchev–Trinajstić information content (AvgIpc) is 3.11. The molecular formula is C21H25NO4S. The van der Waals surface area contributed by atoms with E-state index in [1.807, 2.05) is 43.3 Å². The highest BCUT2D eigenvalue weighted by molar-refractivity contribution is 7.14. The highest BCUT2D eigenvalue weighted by atomic mass is 32.1. The Morgan fingerprint density at radius 2 is 1.70 bits per heavy atom. The van der Waals surface area contributed by atoms with Gasteiger partial charge in [-0.3, -0.25) is 14.4 Å². The number of rotatable bonds is 12. The second-order valence-electron chi connectivity index (χ2n) is 6.24. The topological polar surface area (TPSA) is 72.5 Å². The molecule has 0 atom stereocenters. The maximum atomic E-state index is 12.0. The molecule has 0 aliphatic carbocycles. The highest BCUT2D eigenvalue weighted by Crippen LogP contribution is 2.17. The maximum Gasteiger partial charge on any atom is 0.220 e. The number of Topliss-reactive ketones (excluding diaryl/α,β-unsaturated/α-hetero) is 2. The fraction of sp³-hybridized carbons (Fsp3) is 0.381. The smallest absolute Gasteiger partial charge is 0.220 e. The van der Waals surface area contributed by atoms with Crippen LogP contribution in [0.1, 0.15) is 46.7 Å². The quantitative estimate of drug-likeness (QED) is 0.442. The van der Waals surface area contributed by atoms with Crippen molar-refractivity contribution >= 4 is 28.8 Å². The number of thiophene rings is 1. The first-order chi connectivity index (χ1) is 13.0. The van der Waals surface area contributed by atoms with Crippen LogP contribution in [0.3, 0.4) is 0 Å². The van der Waals surface area contributed by atoms with Gasteiger partial charge in [0.1, 0.15) is 11.5 Å². The molecule has 144 valence electrons. The predicted octanol–water partition coefficient (Wildman–Crippen LogP) is 3.95. The molecule has 0 saturated heterocycles. The van der Waals surface area contributed by atoms with Crippen LogP contribution in [0, 0.1) is 6.92 Å². The van der Waals surface area contributed by atoms with Crippen molar-refractivity contribution in [2.75, 3.05) is 13.2 Å². The molecule has 2 rings (SSSR count). The van der Waals surface area contributed by atoms with E-state index in [9.17, 15) is 14.4 Å². The normalized spacial score (nSPS) is 10.4. The largest absolute Gasteiger partial charge is 0.494 e. The van der Waals surface area contributed by atoms with E-state index in [1.54, 1.807) is 6.07 Å². The molecule has 1 aromatic carbocycles. The summed E-state index contributed by atoms with van der Waals surface area (Å²) in [5.41, 5.74) is 0. The lowest BCUT2D eigenvalue weighted by Gasteiger charge is -2.07. The summed E-state index contributed by atoms with van der Waals surface area (Å²) < 4.78 is 5.54. The van der Waals surface area contributed by atoms with Gasteiger partial charge >= 0.3 is 0 Å². The molecule has 1 aromatic heterocycles. The lowest BCUT2D eigenvalue weighted by Crippen LogP contribution is -2.26. The van der Waals surface area contributed by atoms with Gasteiger partial charge in [-0.1, -0.05) is 18.2 Å². The van der Waals surface area contributed by atoms with Gasteiger partial charge in [-0.05, 0) is 37.6 Å². The molecule has 0 spiro atoms. The molecule has 27 heavy (non-hydrogen) atoms. The zero-order chi connectivity index (χ0) is 19.5. The molecule has 0 saturated carbocycles.